The predicted molar refractivity (Wildman–Crippen MR) is 273 cm³/mol. The van der Waals surface area contributed by atoms with E-state index in [0.717, 1.165) is 6.42 Å². The highest BCUT2D eigenvalue weighted by atomic mass is 15.2. The molecule has 0 amide bonds. The van der Waals surface area contributed by atoms with Crippen molar-refractivity contribution in [2.24, 2.45) is 0 Å². The smallest absolute Gasteiger partial charge is 0.247 e. The highest BCUT2D eigenvalue weighted by Crippen LogP contribution is 2.54. The van der Waals surface area contributed by atoms with Crippen molar-refractivity contribution in [3.63, 3.8) is 0 Å². The molecule has 0 N–H and O–H groups in total. The molecular formula is C60H67BN2. The van der Waals surface area contributed by atoms with E-state index in [1.54, 1.807) is 0 Å². The van der Waals surface area contributed by atoms with Gasteiger partial charge in [-0.1, -0.05) is 162 Å². The molecule has 0 saturated carbocycles. The Labute approximate surface area is 379 Å². The standard InChI is InChI=1S/C60H67BN2/c1-37-30-52-54-53(31-37)63(50-27-24-42(58(8,9)10)33-44(50)38-18-16-15-17-19-38)51-36-47-46(59(11,12)28-29-60(47,13)14)35-48(51)61(54)49-32-39-20-21-41(57(5,6)7)34-45(39)55(49)62(52)43-25-22-40(23-26-43)56(2,3)4/h15-27,30-31,33-36H,28-29,32H2,1-14H3. The third kappa shape index (κ3) is 6.66. The lowest BCUT2D eigenvalue weighted by Crippen LogP contribution is -2.56. The molecule has 2 aliphatic carbocycles. The summed E-state index contributed by atoms with van der Waals surface area (Å²) in [7, 11) is 0. The monoisotopic (exact) mass is 827 g/mol. The molecule has 0 aromatic heterocycles. The van der Waals surface area contributed by atoms with Crippen LogP contribution < -0.4 is 20.7 Å². The number of aryl methyl sites for hydroxylation is 1. The number of fused-ring (bicyclic) bond motifs is 6. The van der Waals surface area contributed by atoms with Crippen LogP contribution in [0.3, 0.4) is 0 Å². The average molecular weight is 827 g/mol. The normalized spacial score (nSPS) is 17.3. The maximum atomic E-state index is 2.70. The van der Waals surface area contributed by atoms with Crippen LogP contribution in [-0.2, 0) is 33.5 Å². The SMILES string of the molecule is Cc1cc2c3c(c1)N(c1ccc(C(C)(C)C)cc1-c1ccccc1)c1cc4c(cc1B3C1=C(c3cc(C(C)(C)C)ccc3C1)N2c1ccc(C(C)(C)C)cc1)C(C)(C)CCC4(C)C. The fourth-order valence-corrected chi connectivity index (χ4v) is 11.3. The average Bonchev–Trinajstić information content (AvgIpc) is 3.60. The van der Waals surface area contributed by atoms with E-state index in [-0.39, 0.29) is 33.8 Å². The number of rotatable bonds is 3. The maximum absolute atomic E-state index is 2.70. The molecule has 6 aromatic rings. The highest BCUT2D eigenvalue weighted by Gasteiger charge is 2.49. The largest absolute Gasteiger partial charge is 0.311 e. The number of anilines is 5. The molecule has 2 nitrogen and oxygen atoms in total. The van der Waals surface area contributed by atoms with Crippen LogP contribution in [0.25, 0.3) is 16.8 Å². The molecule has 0 unspecified atom stereocenters. The van der Waals surface area contributed by atoms with E-state index in [9.17, 15) is 0 Å². The second-order valence-corrected chi connectivity index (χ2v) is 23.9. The minimum Gasteiger partial charge on any atom is -0.311 e. The summed E-state index contributed by atoms with van der Waals surface area (Å²) in [4.78, 5) is 5.36. The van der Waals surface area contributed by atoms with Crippen LogP contribution in [-0.4, -0.2) is 6.71 Å². The third-order valence-electron chi connectivity index (χ3n) is 15.3. The van der Waals surface area contributed by atoms with Gasteiger partial charge in [-0.15, -0.1) is 0 Å². The van der Waals surface area contributed by atoms with Gasteiger partial charge < -0.3 is 9.80 Å². The zero-order chi connectivity index (χ0) is 44.8. The molecule has 4 aliphatic rings. The summed E-state index contributed by atoms with van der Waals surface area (Å²) in [5.74, 6) is 0. The summed E-state index contributed by atoms with van der Waals surface area (Å²) in [6.07, 6.45) is 3.29. The fraction of sp³-hybridized carbons (Fsp3) is 0.367. The Kier molecular flexibility index (Phi) is 9.18. The minimum atomic E-state index is 0.000387. The third-order valence-corrected chi connectivity index (χ3v) is 15.3. The van der Waals surface area contributed by atoms with Crippen LogP contribution in [0.2, 0.25) is 0 Å². The van der Waals surface area contributed by atoms with Gasteiger partial charge in [0.25, 0.3) is 0 Å². The number of hydrogen-bond acceptors (Lipinski definition) is 2. The van der Waals surface area contributed by atoms with E-state index < -0.39 is 0 Å². The molecule has 0 saturated heterocycles. The van der Waals surface area contributed by atoms with E-state index in [4.69, 9.17) is 0 Å². The van der Waals surface area contributed by atoms with Crippen molar-refractivity contribution < 1.29 is 0 Å². The Hall–Kier alpha value is -5.28. The van der Waals surface area contributed by atoms with Gasteiger partial charge in [0.1, 0.15) is 0 Å². The van der Waals surface area contributed by atoms with E-state index >= 15 is 0 Å². The lowest BCUT2D eigenvalue weighted by molar-refractivity contribution is 0.332. The van der Waals surface area contributed by atoms with Crippen LogP contribution in [0.4, 0.5) is 28.4 Å². The molecule has 3 heteroatoms. The van der Waals surface area contributed by atoms with E-state index in [0.29, 0.717) is 0 Å². The minimum absolute atomic E-state index is 0.000387. The van der Waals surface area contributed by atoms with Crippen LogP contribution in [0.15, 0.2) is 121 Å². The lowest BCUT2D eigenvalue weighted by Gasteiger charge is -2.47. The zero-order valence-electron chi connectivity index (χ0n) is 40.6. The first-order valence-electron chi connectivity index (χ1n) is 23.6. The molecule has 10 rings (SSSR count). The fourth-order valence-electron chi connectivity index (χ4n) is 11.3. The molecule has 0 bridgehead atoms. The first-order chi connectivity index (χ1) is 29.5. The van der Waals surface area contributed by atoms with Crippen LogP contribution in [0, 0.1) is 6.92 Å². The lowest BCUT2D eigenvalue weighted by atomic mass is 9.32. The van der Waals surface area contributed by atoms with E-state index in [1.165, 1.54) is 119 Å². The molecule has 2 aliphatic heterocycles. The van der Waals surface area contributed by atoms with Crippen molar-refractivity contribution in [1.29, 1.82) is 0 Å². The van der Waals surface area contributed by atoms with Gasteiger partial charge in [0, 0.05) is 39.6 Å². The Balaban J connectivity index is 1.34. The van der Waals surface area contributed by atoms with Gasteiger partial charge in [0.15, 0.2) is 0 Å². The Morgan fingerprint density at radius 3 is 1.65 bits per heavy atom. The summed E-state index contributed by atoms with van der Waals surface area (Å²) in [6.45, 7) is 33.4. The summed E-state index contributed by atoms with van der Waals surface area (Å²) < 4.78 is 0. The molecule has 0 fully saturated rings. The van der Waals surface area contributed by atoms with Gasteiger partial charge in [-0.25, -0.2) is 0 Å². The molecule has 0 radical (unpaired) electrons. The van der Waals surface area contributed by atoms with Gasteiger partial charge in [-0.2, -0.15) is 0 Å². The summed E-state index contributed by atoms with van der Waals surface area (Å²) in [5.41, 5.74) is 26.1. The van der Waals surface area contributed by atoms with E-state index in [1.807, 2.05) is 0 Å². The summed E-state index contributed by atoms with van der Waals surface area (Å²) in [5, 5.41) is 0. The van der Waals surface area contributed by atoms with Crippen molar-refractivity contribution in [1.82, 2.24) is 0 Å². The molecule has 6 aromatic carbocycles. The quantitative estimate of drug-likeness (QED) is 0.164. The van der Waals surface area contributed by atoms with Crippen LogP contribution in [0.1, 0.15) is 147 Å². The first kappa shape index (κ1) is 41.7. The number of nitrogens with zero attached hydrogens (tertiary/aromatic N) is 2. The predicted octanol–water partition coefficient (Wildman–Crippen LogP) is 15.0. The van der Waals surface area contributed by atoms with Gasteiger partial charge in [-0.3, -0.25) is 0 Å². The number of allylic oxidation sites excluding steroid dienone is 1. The van der Waals surface area contributed by atoms with Crippen molar-refractivity contribution in [3.8, 4) is 11.1 Å². The summed E-state index contributed by atoms with van der Waals surface area (Å²) in [6, 6.07) is 45.7. The Morgan fingerprint density at radius 2 is 1.05 bits per heavy atom. The highest BCUT2D eigenvalue weighted by molar-refractivity contribution is 6.96. The zero-order valence-corrected chi connectivity index (χ0v) is 40.6. The summed E-state index contributed by atoms with van der Waals surface area (Å²) >= 11 is 0. The van der Waals surface area contributed by atoms with Gasteiger partial charge in [0.05, 0.1) is 5.69 Å². The molecule has 63 heavy (non-hydrogen) atoms. The maximum Gasteiger partial charge on any atom is 0.247 e. The van der Waals surface area contributed by atoms with Crippen molar-refractivity contribution in [2.75, 3.05) is 9.80 Å². The van der Waals surface area contributed by atoms with Gasteiger partial charge >= 0.3 is 0 Å². The number of hydrogen-bond donors (Lipinski definition) is 0. The molecular weight excluding hydrogens is 759 g/mol. The van der Waals surface area contributed by atoms with Crippen molar-refractivity contribution in [3.05, 3.63) is 165 Å². The van der Waals surface area contributed by atoms with Gasteiger partial charge in [-0.05, 0) is 157 Å². The Morgan fingerprint density at radius 1 is 0.508 bits per heavy atom. The van der Waals surface area contributed by atoms with Crippen molar-refractivity contribution >= 4 is 51.8 Å². The topological polar surface area (TPSA) is 6.48 Å². The second-order valence-electron chi connectivity index (χ2n) is 23.9. The van der Waals surface area contributed by atoms with Crippen LogP contribution in [0.5, 0.6) is 0 Å². The van der Waals surface area contributed by atoms with E-state index in [2.05, 4.69) is 222 Å². The van der Waals surface area contributed by atoms with Crippen molar-refractivity contribution in [2.45, 2.75) is 143 Å². The van der Waals surface area contributed by atoms with Gasteiger partial charge in [0.2, 0.25) is 6.71 Å². The molecule has 0 atom stereocenters. The van der Waals surface area contributed by atoms with Crippen LogP contribution >= 0.6 is 0 Å². The molecule has 2 heterocycles. The first-order valence-corrected chi connectivity index (χ1v) is 23.6. The molecule has 0 spiro atoms. The second kappa shape index (κ2) is 13.9. The molecule has 320 valence electrons. The number of benzene rings is 6. The Bertz CT molecular complexity index is 2870.